The summed E-state index contributed by atoms with van der Waals surface area (Å²) in [5.41, 5.74) is 5.10. The Hall–Kier alpha value is -3.34. The first kappa shape index (κ1) is 20.9. The predicted molar refractivity (Wildman–Crippen MR) is 121 cm³/mol. The number of hydrogen-bond acceptors (Lipinski definition) is 4. The Morgan fingerprint density at radius 1 is 1.00 bits per heavy atom. The van der Waals surface area contributed by atoms with Crippen molar-refractivity contribution in [3.8, 4) is 22.6 Å². The molecular formula is C26H28N2O3. The third-order valence-electron chi connectivity index (χ3n) is 5.80. The van der Waals surface area contributed by atoms with Crippen molar-refractivity contribution in [1.82, 2.24) is 9.88 Å². The Morgan fingerprint density at radius 3 is 2.52 bits per heavy atom. The lowest BCUT2D eigenvalue weighted by molar-refractivity contribution is -0.131. The zero-order chi connectivity index (χ0) is 21.8. The van der Waals surface area contributed by atoms with Crippen LogP contribution in [0.25, 0.3) is 11.1 Å². The summed E-state index contributed by atoms with van der Waals surface area (Å²) in [7, 11) is 3.31. The maximum absolute atomic E-state index is 13.2. The number of rotatable bonds is 6. The molecule has 0 aliphatic carbocycles. The van der Waals surface area contributed by atoms with Crippen molar-refractivity contribution >= 4 is 5.91 Å². The highest BCUT2D eigenvalue weighted by atomic mass is 16.5. The molecule has 0 saturated carbocycles. The number of amides is 1. The predicted octanol–water partition coefficient (Wildman–Crippen LogP) is 4.98. The molecule has 0 bridgehead atoms. The zero-order valence-corrected chi connectivity index (χ0v) is 18.3. The minimum absolute atomic E-state index is 0.00926. The number of hydrogen-bond donors (Lipinski definition) is 0. The van der Waals surface area contributed by atoms with Crippen LogP contribution in [0.4, 0.5) is 0 Å². The number of nitrogens with zero attached hydrogens (tertiary/aromatic N) is 2. The molecule has 1 fully saturated rings. The molecule has 5 nitrogen and oxygen atoms in total. The maximum Gasteiger partial charge on any atom is 0.227 e. The lowest BCUT2D eigenvalue weighted by Crippen LogP contribution is -2.32. The van der Waals surface area contributed by atoms with Gasteiger partial charge in [0.1, 0.15) is 11.5 Å². The molecule has 1 amide bonds. The van der Waals surface area contributed by atoms with E-state index in [1.165, 1.54) is 0 Å². The fourth-order valence-electron chi connectivity index (χ4n) is 4.25. The van der Waals surface area contributed by atoms with Crippen LogP contribution in [0, 0.1) is 6.92 Å². The van der Waals surface area contributed by atoms with Crippen LogP contribution in [-0.2, 0) is 11.2 Å². The van der Waals surface area contributed by atoms with E-state index in [0.717, 1.165) is 59.0 Å². The Morgan fingerprint density at radius 2 is 1.77 bits per heavy atom. The zero-order valence-electron chi connectivity index (χ0n) is 18.3. The van der Waals surface area contributed by atoms with E-state index in [1.807, 2.05) is 48.2 Å². The molecule has 1 saturated heterocycles. The van der Waals surface area contributed by atoms with E-state index in [-0.39, 0.29) is 11.9 Å². The Labute approximate surface area is 183 Å². The molecular weight excluding hydrogens is 388 g/mol. The minimum atomic E-state index is 0.00926. The fraction of sp³-hybridized carbons (Fsp3) is 0.308. The van der Waals surface area contributed by atoms with Crippen LogP contribution < -0.4 is 9.47 Å². The summed E-state index contributed by atoms with van der Waals surface area (Å²) in [4.78, 5) is 19.9. The fourth-order valence-corrected chi connectivity index (χ4v) is 4.25. The van der Waals surface area contributed by atoms with Crippen LogP contribution >= 0.6 is 0 Å². The molecule has 2 aromatic carbocycles. The summed E-state index contributed by atoms with van der Waals surface area (Å²) >= 11 is 0. The van der Waals surface area contributed by atoms with Crippen molar-refractivity contribution in [3.05, 3.63) is 77.6 Å². The topological polar surface area (TPSA) is 51.7 Å². The van der Waals surface area contributed by atoms with Crippen molar-refractivity contribution in [1.29, 1.82) is 0 Å². The molecule has 1 aliphatic rings. The van der Waals surface area contributed by atoms with Gasteiger partial charge in [0.15, 0.2) is 0 Å². The standard InChI is InChI=1S/C26H28N2O3/c1-18-14-21(20-9-11-22(30-2)12-10-20)17-24(27-18)25-8-5-13-28(25)26(29)16-19-6-4-7-23(15-19)31-3/h4,6-7,9-12,14-15,17,25H,5,8,13,16H2,1-3H3/t25-/m0/s1. The highest BCUT2D eigenvalue weighted by Crippen LogP contribution is 2.34. The van der Waals surface area contributed by atoms with Crippen LogP contribution in [0.3, 0.4) is 0 Å². The van der Waals surface area contributed by atoms with E-state index in [4.69, 9.17) is 14.5 Å². The molecule has 1 atom stereocenters. The summed E-state index contributed by atoms with van der Waals surface area (Å²) < 4.78 is 10.6. The summed E-state index contributed by atoms with van der Waals surface area (Å²) in [6, 6.07) is 20.0. The van der Waals surface area contributed by atoms with Crippen LogP contribution in [0.1, 0.15) is 35.8 Å². The van der Waals surface area contributed by atoms with Gasteiger partial charge in [0.2, 0.25) is 5.91 Å². The summed E-state index contributed by atoms with van der Waals surface area (Å²) in [6.07, 6.45) is 2.29. The lowest BCUT2D eigenvalue weighted by Gasteiger charge is -2.25. The highest BCUT2D eigenvalue weighted by Gasteiger charge is 2.31. The molecule has 0 N–H and O–H groups in total. The number of likely N-dealkylation sites (tertiary alicyclic amines) is 1. The van der Waals surface area contributed by atoms with Gasteiger partial charge in [0.25, 0.3) is 0 Å². The van der Waals surface area contributed by atoms with Crippen LogP contribution in [0.5, 0.6) is 11.5 Å². The number of benzene rings is 2. The molecule has 1 aromatic heterocycles. The minimum Gasteiger partial charge on any atom is -0.497 e. The van der Waals surface area contributed by atoms with Crippen LogP contribution in [-0.4, -0.2) is 36.6 Å². The summed E-state index contributed by atoms with van der Waals surface area (Å²) in [6.45, 7) is 2.77. The number of aromatic nitrogens is 1. The monoisotopic (exact) mass is 416 g/mol. The van der Waals surface area contributed by atoms with E-state index < -0.39 is 0 Å². The molecule has 160 valence electrons. The molecule has 5 heteroatoms. The number of pyridine rings is 1. The second-order valence-electron chi connectivity index (χ2n) is 7.92. The number of aryl methyl sites for hydroxylation is 1. The van der Waals surface area contributed by atoms with Crippen LogP contribution in [0.15, 0.2) is 60.7 Å². The van der Waals surface area contributed by atoms with E-state index >= 15 is 0 Å². The second kappa shape index (κ2) is 9.21. The Bertz CT molecular complexity index is 1060. The van der Waals surface area contributed by atoms with Crippen molar-refractivity contribution in [2.75, 3.05) is 20.8 Å². The molecule has 4 rings (SSSR count). The SMILES string of the molecule is COc1ccc(-c2cc(C)nc([C@@H]3CCCN3C(=O)Cc3cccc(OC)c3)c2)cc1. The van der Waals surface area contributed by atoms with Gasteiger partial charge in [-0.2, -0.15) is 0 Å². The quantitative estimate of drug-likeness (QED) is 0.569. The van der Waals surface area contributed by atoms with Crippen molar-refractivity contribution < 1.29 is 14.3 Å². The van der Waals surface area contributed by atoms with Gasteiger partial charge in [-0.25, -0.2) is 0 Å². The number of carbonyl (C=O) groups is 1. The van der Waals surface area contributed by atoms with Gasteiger partial charge < -0.3 is 14.4 Å². The largest absolute Gasteiger partial charge is 0.497 e. The summed E-state index contributed by atoms with van der Waals surface area (Å²) in [5, 5.41) is 0. The molecule has 31 heavy (non-hydrogen) atoms. The van der Waals surface area contributed by atoms with Gasteiger partial charge in [-0.3, -0.25) is 9.78 Å². The van der Waals surface area contributed by atoms with Crippen molar-refractivity contribution in [2.45, 2.75) is 32.2 Å². The van der Waals surface area contributed by atoms with Crippen LogP contribution in [0.2, 0.25) is 0 Å². The van der Waals surface area contributed by atoms with Gasteiger partial charge in [0.05, 0.1) is 32.4 Å². The van der Waals surface area contributed by atoms with Gasteiger partial charge in [-0.1, -0.05) is 24.3 Å². The maximum atomic E-state index is 13.2. The molecule has 0 radical (unpaired) electrons. The first-order valence-electron chi connectivity index (χ1n) is 10.6. The average molecular weight is 417 g/mol. The molecule has 1 aliphatic heterocycles. The number of ether oxygens (including phenoxy) is 2. The molecule has 3 aromatic rings. The summed E-state index contributed by atoms with van der Waals surface area (Å²) in [5.74, 6) is 1.73. The molecule has 0 unspecified atom stereocenters. The lowest BCUT2D eigenvalue weighted by atomic mass is 10.0. The van der Waals surface area contributed by atoms with Gasteiger partial charge in [0, 0.05) is 12.2 Å². The van der Waals surface area contributed by atoms with Crippen molar-refractivity contribution in [3.63, 3.8) is 0 Å². The average Bonchev–Trinajstić information content (AvgIpc) is 3.29. The van der Waals surface area contributed by atoms with E-state index in [9.17, 15) is 4.79 Å². The van der Waals surface area contributed by atoms with E-state index in [0.29, 0.717) is 6.42 Å². The van der Waals surface area contributed by atoms with Gasteiger partial charge >= 0.3 is 0 Å². The highest BCUT2D eigenvalue weighted by molar-refractivity contribution is 5.79. The second-order valence-corrected chi connectivity index (χ2v) is 7.92. The third-order valence-corrected chi connectivity index (χ3v) is 5.80. The molecule has 0 spiro atoms. The van der Waals surface area contributed by atoms with Crippen molar-refractivity contribution in [2.24, 2.45) is 0 Å². The van der Waals surface area contributed by atoms with E-state index in [2.05, 4.69) is 24.3 Å². The Balaban J connectivity index is 1.57. The normalized spacial score (nSPS) is 15.7. The third kappa shape index (κ3) is 4.71. The number of methoxy groups -OCH3 is 2. The van der Waals surface area contributed by atoms with Gasteiger partial charge in [-0.15, -0.1) is 0 Å². The number of carbonyl (C=O) groups excluding carboxylic acids is 1. The van der Waals surface area contributed by atoms with E-state index in [1.54, 1.807) is 14.2 Å². The first-order chi connectivity index (χ1) is 15.1. The smallest absolute Gasteiger partial charge is 0.227 e. The first-order valence-corrected chi connectivity index (χ1v) is 10.6. The Kier molecular flexibility index (Phi) is 6.21. The van der Waals surface area contributed by atoms with Gasteiger partial charge in [-0.05, 0) is 72.9 Å². The molecule has 2 heterocycles.